The molecule has 1 aliphatic heterocycles. The summed E-state index contributed by atoms with van der Waals surface area (Å²) in [7, 11) is 3.08. The third-order valence-corrected chi connectivity index (χ3v) is 3.26. The topological polar surface area (TPSA) is 47.6 Å². The lowest BCUT2D eigenvalue weighted by Crippen LogP contribution is -2.23. The third-order valence-electron chi connectivity index (χ3n) is 3.26. The van der Waals surface area contributed by atoms with E-state index in [1.54, 1.807) is 7.11 Å². The Bertz CT molecular complexity index is 405. The van der Waals surface area contributed by atoms with Gasteiger partial charge in [0.05, 0.1) is 20.1 Å². The van der Waals surface area contributed by atoms with Gasteiger partial charge in [-0.2, -0.15) is 0 Å². The summed E-state index contributed by atoms with van der Waals surface area (Å²) < 4.78 is 10.2. The van der Waals surface area contributed by atoms with Crippen LogP contribution >= 0.6 is 0 Å². The number of para-hydroxylation sites is 1. The maximum atomic E-state index is 11.7. The van der Waals surface area contributed by atoms with Gasteiger partial charge >= 0.3 is 5.97 Å². The SMILES string of the molecule is COC(=O)[C@@H]1CNC[C@@H]1c1ccccc1OC. The first kappa shape index (κ1) is 11.9. The van der Waals surface area contributed by atoms with E-state index in [1.807, 2.05) is 24.3 Å². The average Bonchev–Trinajstić information content (AvgIpc) is 2.86. The van der Waals surface area contributed by atoms with E-state index in [0.717, 1.165) is 17.9 Å². The third kappa shape index (κ3) is 2.26. The van der Waals surface area contributed by atoms with Crippen LogP contribution < -0.4 is 10.1 Å². The Kier molecular flexibility index (Phi) is 3.64. The van der Waals surface area contributed by atoms with Crippen molar-refractivity contribution in [3.8, 4) is 5.75 Å². The summed E-state index contributed by atoms with van der Waals surface area (Å²) in [5, 5.41) is 3.23. The lowest BCUT2D eigenvalue weighted by molar-refractivity contribution is -0.145. The zero-order valence-corrected chi connectivity index (χ0v) is 10.1. The molecule has 0 unspecified atom stereocenters. The Hall–Kier alpha value is -1.55. The number of carbonyl (C=O) groups is 1. The van der Waals surface area contributed by atoms with Crippen LogP contribution in [0.4, 0.5) is 0 Å². The molecular weight excluding hydrogens is 218 g/mol. The number of benzene rings is 1. The molecule has 17 heavy (non-hydrogen) atoms. The lowest BCUT2D eigenvalue weighted by Gasteiger charge is -2.19. The highest BCUT2D eigenvalue weighted by Crippen LogP contribution is 2.34. The number of methoxy groups -OCH3 is 2. The van der Waals surface area contributed by atoms with Gasteiger partial charge in [-0.05, 0) is 11.6 Å². The molecular formula is C13H17NO3. The fourth-order valence-corrected chi connectivity index (χ4v) is 2.38. The van der Waals surface area contributed by atoms with Crippen molar-refractivity contribution in [2.75, 3.05) is 27.3 Å². The van der Waals surface area contributed by atoms with E-state index in [9.17, 15) is 4.79 Å². The first-order valence-electron chi connectivity index (χ1n) is 5.69. The Labute approximate surface area is 101 Å². The normalized spacial score (nSPS) is 23.4. The van der Waals surface area contributed by atoms with Gasteiger partial charge in [0.15, 0.2) is 0 Å². The van der Waals surface area contributed by atoms with Gasteiger partial charge in [-0.3, -0.25) is 4.79 Å². The van der Waals surface area contributed by atoms with Gasteiger partial charge < -0.3 is 14.8 Å². The number of nitrogens with one attached hydrogen (secondary N) is 1. The number of hydrogen-bond acceptors (Lipinski definition) is 4. The van der Waals surface area contributed by atoms with Crippen LogP contribution in [-0.2, 0) is 9.53 Å². The van der Waals surface area contributed by atoms with E-state index in [4.69, 9.17) is 9.47 Å². The molecule has 0 saturated carbocycles. The molecule has 2 atom stereocenters. The molecule has 1 heterocycles. The van der Waals surface area contributed by atoms with Gasteiger partial charge in [-0.1, -0.05) is 18.2 Å². The van der Waals surface area contributed by atoms with Gasteiger partial charge in [0.1, 0.15) is 5.75 Å². The molecule has 4 heteroatoms. The number of rotatable bonds is 3. The number of esters is 1. The second-order valence-electron chi connectivity index (χ2n) is 4.14. The fourth-order valence-electron chi connectivity index (χ4n) is 2.38. The molecule has 0 aliphatic carbocycles. The standard InChI is InChI=1S/C13H17NO3/c1-16-12-6-4-3-5-9(12)10-7-14-8-11(10)13(15)17-2/h3-6,10-11,14H,7-8H2,1-2H3/t10-,11-/m1/s1. The largest absolute Gasteiger partial charge is 0.496 e. The lowest BCUT2D eigenvalue weighted by atomic mass is 9.88. The molecule has 1 aliphatic rings. The van der Waals surface area contributed by atoms with Crippen LogP contribution in [0.5, 0.6) is 5.75 Å². The zero-order chi connectivity index (χ0) is 12.3. The Balaban J connectivity index is 2.29. The molecule has 1 saturated heterocycles. The van der Waals surface area contributed by atoms with Crippen molar-refractivity contribution in [2.45, 2.75) is 5.92 Å². The maximum absolute atomic E-state index is 11.7. The van der Waals surface area contributed by atoms with Crippen molar-refractivity contribution in [1.82, 2.24) is 5.32 Å². The molecule has 92 valence electrons. The average molecular weight is 235 g/mol. The molecule has 0 aromatic heterocycles. The van der Waals surface area contributed by atoms with E-state index in [0.29, 0.717) is 6.54 Å². The van der Waals surface area contributed by atoms with Crippen molar-refractivity contribution < 1.29 is 14.3 Å². The van der Waals surface area contributed by atoms with Crippen LogP contribution in [0.3, 0.4) is 0 Å². The first-order valence-corrected chi connectivity index (χ1v) is 5.69. The highest BCUT2D eigenvalue weighted by Gasteiger charge is 2.36. The summed E-state index contributed by atoms with van der Waals surface area (Å²) in [5.41, 5.74) is 1.07. The predicted molar refractivity (Wildman–Crippen MR) is 64.1 cm³/mol. The number of carbonyl (C=O) groups excluding carboxylic acids is 1. The van der Waals surface area contributed by atoms with Gasteiger partial charge in [-0.15, -0.1) is 0 Å². The van der Waals surface area contributed by atoms with E-state index >= 15 is 0 Å². The van der Waals surface area contributed by atoms with Crippen molar-refractivity contribution in [3.63, 3.8) is 0 Å². The molecule has 1 fully saturated rings. The van der Waals surface area contributed by atoms with Crippen molar-refractivity contribution in [3.05, 3.63) is 29.8 Å². The summed E-state index contributed by atoms with van der Waals surface area (Å²) in [6, 6.07) is 7.82. The molecule has 1 N–H and O–H groups in total. The Morgan fingerprint density at radius 1 is 1.29 bits per heavy atom. The molecule has 0 radical (unpaired) electrons. The van der Waals surface area contributed by atoms with Crippen molar-refractivity contribution >= 4 is 5.97 Å². The summed E-state index contributed by atoms with van der Waals surface area (Å²) >= 11 is 0. The minimum atomic E-state index is -0.161. The maximum Gasteiger partial charge on any atom is 0.310 e. The van der Waals surface area contributed by atoms with Gasteiger partial charge in [0, 0.05) is 19.0 Å². The van der Waals surface area contributed by atoms with Gasteiger partial charge in [0.25, 0.3) is 0 Å². The van der Waals surface area contributed by atoms with E-state index in [2.05, 4.69) is 5.32 Å². The second-order valence-corrected chi connectivity index (χ2v) is 4.14. The molecule has 0 spiro atoms. The zero-order valence-electron chi connectivity index (χ0n) is 10.1. The number of hydrogen-bond donors (Lipinski definition) is 1. The van der Waals surface area contributed by atoms with E-state index in [1.165, 1.54) is 7.11 Å². The minimum absolute atomic E-state index is 0.124. The highest BCUT2D eigenvalue weighted by molar-refractivity contribution is 5.74. The van der Waals surface area contributed by atoms with Crippen LogP contribution in [0.15, 0.2) is 24.3 Å². The van der Waals surface area contributed by atoms with Crippen LogP contribution in [0.25, 0.3) is 0 Å². The fraction of sp³-hybridized carbons (Fsp3) is 0.462. The Morgan fingerprint density at radius 3 is 2.76 bits per heavy atom. The first-order chi connectivity index (χ1) is 8.27. The molecule has 4 nitrogen and oxygen atoms in total. The Morgan fingerprint density at radius 2 is 2.06 bits per heavy atom. The van der Waals surface area contributed by atoms with Gasteiger partial charge in [0.2, 0.25) is 0 Å². The minimum Gasteiger partial charge on any atom is -0.496 e. The van der Waals surface area contributed by atoms with Gasteiger partial charge in [-0.25, -0.2) is 0 Å². The summed E-state index contributed by atoms with van der Waals surface area (Å²) in [4.78, 5) is 11.7. The molecule has 0 amide bonds. The quantitative estimate of drug-likeness (QED) is 0.799. The molecule has 1 aromatic rings. The molecule has 2 rings (SSSR count). The second kappa shape index (κ2) is 5.19. The highest BCUT2D eigenvalue weighted by atomic mass is 16.5. The van der Waals surface area contributed by atoms with Crippen LogP contribution in [0.2, 0.25) is 0 Å². The van der Waals surface area contributed by atoms with Crippen molar-refractivity contribution in [2.24, 2.45) is 5.92 Å². The van der Waals surface area contributed by atoms with Crippen LogP contribution in [0, 0.1) is 5.92 Å². The van der Waals surface area contributed by atoms with Crippen molar-refractivity contribution in [1.29, 1.82) is 0 Å². The predicted octanol–water partition coefficient (Wildman–Crippen LogP) is 1.17. The van der Waals surface area contributed by atoms with Crippen LogP contribution in [0.1, 0.15) is 11.5 Å². The molecule has 1 aromatic carbocycles. The van der Waals surface area contributed by atoms with E-state index in [-0.39, 0.29) is 17.8 Å². The monoisotopic (exact) mass is 235 g/mol. The summed E-state index contributed by atoms with van der Waals surface area (Å²) in [5.74, 6) is 0.663. The summed E-state index contributed by atoms with van der Waals surface area (Å²) in [6.45, 7) is 1.44. The number of ether oxygens (including phenoxy) is 2. The summed E-state index contributed by atoms with van der Waals surface area (Å²) in [6.07, 6.45) is 0. The molecule has 0 bridgehead atoms. The van der Waals surface area contributed by atoms with E-state index < -0.39 is 0 Å². The smallest absolute Gasteiger partial charge is 0.310 e. The van der Waals surface area contributed by atoms with Crippen LogP contribution in [-0.4, -0.2) is 33.3 Å².